The molecule has 2 aromatic rings. The van der Waals surface area contributed by atoms with Crippen molar-refractivity contribution < 1.29 is 0 Å². The first kappa shape index (κ1) is 11.1. The summed E-state index contributed by atoms with van der Waals surface area (Å²) in [5, 5.41) is 2.17. The zero-order valence-electron chi connectivity index (χ0n) is 10.1. The molecular weight excluding hydrogens is 228 g/mol. The summed E-state index contributed by atoms with van der Waals surface area (Å²) in [5.41, 5.74) is 10.4. The highest BCUT2D eigenvalue weighted by Crippen LogP contribution is 2.30. The third-order valence-corrected chi connectivity index (χ3v) is 4.73. The van der Waals surface area contributed by atoms with Crippen molar-refractivity contribution in [1.29, 1.82) is 0 Å². The quantitative estimate of drug-likeness (QED) is 0.866. The van der Waals surface area contributed by atoms with Crippen LogP contribution in [-0.4, -0.2) is 4.57 Å². The highest BCUT2D eigenvalue weighted by molar-refractivity contribution is 7.10. The summed E-state index contributed by atoms with van der Waals surface area (Å²) in [6.07, 6.45) is 5.74. The van der Waals surface area contributed by atoms with Crippen LogP contribution in [0.2, 0.25) is 0 Å². The summed E-state index contributed by atoms with van der Waals surface area (Å²) < 4.78 is 2.38. The fourth-order valence-electron chi connectivity index (χ4n) is 2.66. The number of hydrogen-bond donors (Lipinski definition) is 1. The van der Waals surface area contributed by atoms with Gasteiger partial charge in [-0.1, -0.05) is 0 Å². The zero-order chi connectivity index (χ0) is 11.8. The van der Waals surface area contributed by atoms with E-state index < -0.39 is 0 Å². The fourth-order valence-corrected chi connectivity index (χ4v) is 3.57. The lowest BCUT2D eigenvalue weighted by Gasteiger charge is -2.20. The van der Waals surface area contributed by atoms with Crippen molar-refractivity contribution in [2.45, 2.75) is 38.8 Å². The molecule has 2 aromatic heterocycles. The lowest BCUT2D eigenvalue weighted by Crippen LogP contribution is -2.18. The molecule has 17 heavy (non-hydrogen) atoms. The molecule has 0 bridgehead atoms. The first-order valence-electron chi connectivity index (χ1n) is 6.22. The number of rotatable bonds is 2. The van der Waals surface area contributed by atoms with Gasteiger partial charge in [0.25, 0.3) is 0 Å². The van der Waals surface area contributed by atoms with Crippen molar-refractivity contribution in [1.82, 2.24) is 4.57 Å². The van der Waals surface area contributed by atoms with Gasteiger partial charge in [-0.25, -0.2) is 0 Å². The Labute approximate surface area is 106 Å². The third-order valence-electron chi connectivity index (χ3n) is 3.72. The van der Waals surface area contributed by atoms with Crippen molar-refractivity contribution in [3.63, 3.8) is 0 Å². The topological polar surface area (TPSA) is 30.9 Å². The predicted octanol–water partition coefficient (Wildman–Crippen LogP) is 3.24. The lowest BCUT2D eigenvalue weighted by molar-refractivity contribution is 0.548. The molecule has 0 saturated carbocycles. The second-order valence-corrected chi connectivity index (χ2v) is 5.87. The van der Waals surface area contributed by atoms with Crippen LogP contribution in [0.1, 0.15) is 40.6 Å². The Morgan fingerprint density at radius 2 is 2.35 bits per heavy atom. The van der Waals surface area contributed by atoms with E-state index in [0.717, 1.165) is 13.0 Å². The van der Waals surface area contributed by atoms with E-state index in [4.69, 9.17) is 5.73 Å². The molecule has 3 heteroatoms. The predicted molar refractivity (Wildman–Crippen MR) is 72.5 cm³/mol. The van der Waals surface area contributed by atoms with Gasteiger partial charge in [0.2, 0.25) is 0 Å². The van der Waals surface area contributed by atoms with Gasteiger partial charge in [-0.3, -0.25) is 0 Å². The van der Waals surface area contributed by atoms with Crippen molar-refractivity contribution >= 4 is 11.3 Å². The maximum Gasteiger partial charge on any atom is 0.0568 e. The molecule has 1 unspecified atom stereocenters. The summed E-state index contributed by atoms with van der Waals surface area (Å²) in [7, 11) is 0. The second-order valence-electron chi connectivity index (χ2n) is 4.87. The summed E-state index contributed by atoms with van der Waals surface area (Å²) in [5.74, 6) is 0. The monoisotopic (exact) mass is 246 g/mol. The van der Waals surface area contributed by atoms with Gasteiger partial charge in [0.1, 0.15) is 0 Å². The number of nitrogens with zero attached hydrogens (tertiary/aromatic N) is 1. The van der Waals surface area contributed by atoms with Gasteiger partial charge in [0.15, 0.2) is 0 Å². The van der Waals surface area contributed by atoms with E-state index in [1.165, 1.54) is 34.5 Å². The minimum absolute atomic E-state index is 0.254. The molecule has 0 aromatic carbocycles. The van der Waals surface area contributed by atoms with Gasteiger partial charge in [0, 0.05) is 22.8 Å². The van der Waals surface area contributed by atoms with Crippen molar-refractivity contribution in [2.75, 3.05) is 0 Å². The van der Waals surface area contributed by atoms with E-state index in [9.17, 15) is 0 Å². The molecule has 2 heterocycles. The average molecular weight is 246 g/mol. The van der Waals surface area contributed by atoms with Crippen LogP contribution in [0.3, 0.4) is 0 Å². The minimum Gasteiger partial charge on any atom is -0.346 e. The van der Waals surface area contributed by atoms with Gasteiger partial charge in [-0.15, -0.1) is 11.3 Å². The normalized spacial score (nSPS) is 19.3. The first-order valence-corrected chi connectivity index (χ1v) is 7.10. The number of nitrogens with two attached hydrogens (primary N) is 1. The van der Waals surface area contributed by atoms with Crippen LogP contribution in [0, 0.1) is 6.92 Å². The van der Waals surface area contributed by atoms with E-state index in [0.29, 0.717) is 0 Å². The summed E-state index contributed by atoms with van der Waals surface area (Å²) in [6.45, 7) is 3.19. The molecule has 1 aliphatic rings. The Morgan fingerprint density at radius 3 is 3.12 bits per heavy atom. The molecule has 0 fully saturated rings. The molecule has 2 nitrogen and oxygen atoms in total. The van der Waals surface area contributed by atoms with Crippen LogP contribution in [0.4, 0.5) is 0 Å². The smallest absolute Gasteiger partial charge is 0.0568 e. The average Bonchev–Trinajstić information content (AvgIpc) is 2.89. The summed E-state index contributed by atoms with van der Waals surface area (Å²) >= 11 is 1.85. The van der Waals surface area contributed by atoms with Crippen molar-refractivity contribution in [3.05, 3.63) is 45.4 Å². The number of aromatic nitrogens is 1. The number of thiophene rings is 1. The molecular formula is C14H18N2S. The number of aryl methyl sites for hydroxylation is 1. The fraction of sp³-hybridized carbons (Fsp3) is 0.429. The third kappa shape index (κ3) is 1.94. The molecule has 0 amide bonds. The standard InChI is InChI=1S/C14H18N2S/c1-10-6-8-17-14(10)9-16-7-5-11-12(15)3-2-4-13(11)16/h5-8,12H,2-4,9,15H2,1H3. The van der Waals surface area contributed by atoms with Crippen LogP contribution in [0.5, 0.6) is 0 Å². The SMILES string of the molecule is Cc1ccsc1Cn1ccc2c1CCCC2N. The highest BCUT2D eigenvalue weighted by atomic mass is 32.1. The van der Waals surface area contributed by atoms with E-state index >= 15 is 0 Å². The van der Waals surface area contributed by atoms with E-state index in [1.54, 1.807) is 0 Å². The van der Waals surface area contributed by atoms with Gasteiger partial charge in [-0.05, 0) is 54.8 Å². The maximum atomic E-state index is 6.15. The van der Waals surface area contributed by atoms with Crippen LogP contribution < -0.4 is 5.73 Å². The van der Waals surface area contributed by atoms with Crippen molar-refractivity contribution in [2.24, 2.45) is 5.73 Å². The number of hydrogen-bond acceptors (Lipinski definition) is 2. The summed E-state index contributed by atoms with van der Waals surface area (Å²) in [4.78, 5) is 1.46. The molecule has 0 aliphatic heterocycles. The van der Waals surface area contributed by atoms with Crippen LogP contribution in [0.15, 0.2) is 23.7 Å². The lowest BCUT2D eigenvalue weighted by atomic mass is 9.94. The molecule has 90 valence electrons. The Balaban J connectivity index is 1.92. The van der Waals surface area contributed by atoms with Crippen LogP contribution >= 0.6 is 11.3 Å². The second kappa shape index (κ2) is 4.31. The molecule has 1 atom stereocenters. The van der Waals surface area contributed by atoms with E-state index in [-0.39, 0.29) is 6.04 Å². The van der Waals surface area contributed by atoms with Gasteiger partial charge < -0.3 is 10.3 Å². The van der Waals surface area contributed by atoms with E-state index in [2.05, 4.69) is 35.2 Å². The van der Waals surface area contributed by atoms with E-state index in [1.807, 2.05) is 11.3 Å². The molecule has 1 aliphatic carbocycles. The molecule has 0 saturated heterocycles. The molecule has 0 radical (unpaired) electrons. The number of fused-ring (bicyclic) bond motifs is 1. The molecule has 0 spiro atoms. The largest absolute Gasteiger partial charge is 0.346 e. The van der Waals surface area contributed by atoms with Gasteiger partial charge in [0.05, 0.1) is 6.54 Å². The molecule has 2 N–H and O–H groups in total. The maximum absolute atomic E-state index is 6.15. The van der Waals surface area contributed by atoms with Crippen LogP contribution in [-0.2, 0) is 13.0 Å². The Kier molecular flexibility index (Phi) is 2.81. The Hall–Kier alpha value is -1.06. The Bertz CT molecular complexity index is 524. The molecule has 3 rings (SSSR count). The zero-order valence-corrected chi connectivity index (χ0v) is 11.0. The van der Waals surface area contributed by atoms with Crippen LogP contribution in [0.25, 0.3) is 0 Å². The highest BCUT2D eigenvalue weighted by Gasteiger charge is 2.20. The Morgan fingerprint density at radius 1 is 1.47 bits per heavy atom. The van der Waals surface area contributed by atoms with Gasteiger partial charge in [-0.2, -0.15) is 0 Å². The summed E-state index contributed by atoms with van der Waals surface area (Å²) in [6, 6.07) is 4.66. The minimum atomic E-state index is 0.254. The first-order chi connectivity index (χ1) is 8.25. The van der Waals surface area contributed by atoms with Gasteiger partial charge >= 0.3 is 0 Å². The van der Waals surface area contributed by atoms with Crippen molar-refractivity contribution in [3.8, 4) is 0 Å².